The second kappa shape index (κ2) is 6.61. The number of fused-ring (bicyclic) bond motifs is 1. The molecule has 3 rings (SSSR count). The zero-order chi connectivity index (χ0) is 19.1. The lowest BCUT2D eigenvalue weighted by Crippen LogP contribution is -2.36. The summed E-state index contributed by atoms with van der Waals surface area (Å²) in [5, 5.41) is 6.41. The van der Waals surface area contributed by atoms with Gasteiger partial charge in [-0.2, -0.15) is 5.10 Å². The topological polar surface area (TPSA) is 119 Å². The molecule has 11 heteroatoms. The molecule has 0 saturated heterocycles. The Morgan fingerprint density at radius 3 is 2.81 bits per heavy atom. The first-order valence-corrected chi connectivity index (χ1v) is 9.45. The van der Waals surface area contributed by atoms with Gasteiger partial charge in [-0.25, -0.2) is 13.1 Å². The zero-order valence-electron chi connectivity index (χ0n) is 13.8. The van der Waals surface area contributed by atoms with Crippen LogP contribution in [0.15, 0.2) is 29.3 Å². The van der Waals surface area contributed by atoms with Crippen molar-refractivity contribution < 1.29 is 22.7 Å². The molecule has 0 aliphatic carbocycles. The van der Waals surface area contributed by atoms with Gasteiger partial charge in [0.1, 0.15) is 11.4 Å². The molecule has 0 bridgehead atoms. The zero-order valence-corrected chi connectivity index (χ0v) is 15.4. The van der Waals surface area contributed by atoms with Gasteiger partial charge in [0.25, 0.3) is 21.8 Å². The highest BCUT2D eigenvalue weighted by Crippen LogP contribution is 2.32. The molecule has 1 atom stereocenters. The Morgan fingerprint density at radius 2 is 2.19 bits per heavy atom. The molecule has 138 valence electrons. The second-order valence-corrected chi connectivity index (χ2v) is 7.65. The van der Waals surface area contributed by atoms with Gasteiger partial charge in [-0.1, -0.05) is 18.5 Å². The molecule has 2 amide bonds. The Kier molecular flexibility index (Phi) is 4.63. The van der Waals surface area contributed by atoms with Crippen molar-refractivity contribution in [2.45, 2.75) is 24.3 Å². The van der Waals surface area contributed by atoms with E-state index in [0.717, 1.165) is 0 Å². The third-order valence-electron chi connectivity index (χ3n) is 3.79. The van der Waals surface area contributed by atoms with Gasteiger partial charge >= 0.3 is 0 Å². The highest BCUT2D eigenvalue weighted by Gasteiger charge is 2.29. The van der Waals surface area contributed by atoms with Gasteiger partial charge in [0.2, 0.25) is 0 Å². The molecule has 26 heavy (non-hydrogen) atoms. The predicted octanol–water partition coefficient (Wildman–Crippen LogP) is 1.30. The van der Waals surface area contributed by atoms with Crippen molar-refractivity contribution in [3.8, 4) is 5.75 Å². The number of rotatable bonds is 4. The molecule has 1 aromatic heterocycles. The average molecular weight is 399 g/mol. The lowest BCUT2D eigenvalue weighted by atomic mass is 10.2. The van der Waals surface area contributed by atoms with Crippen LogP contribution in [0.5, 0.6) is 5.75 Å². The number of sulfonamides is 1. The molecule has 1 aliphatic rings. The summed E-state index contributed by atoms with van der Waals surface area (Å²) in [4.78, 5) is 23.9. The summed E-state index contributed by atoms with van der Waals surface area (Å²) in [6, 6.07) is 3.93. The predicted molar refractivity (Wildman–Crippen MR) is 92.6 cm³/mol. The summed E-state index contributed by atoms with van der Waals surface area (Å²) < 4.78 is 33.6. The standard InChI is InChI=1S/C15H15ClN4O5S/c1-3-11-14(21)18-10-6-8(4-5-12(10)25-11)26(23,24)19-15(22)13-9(16)7-17-20(13)2/h4-7,11H,3H2,1-2H3,(H,18,21)(H,19,22). The van der Waals surface area contributed by atoms with E-state index in [2.05, 4.69) is 10.4 Å². The maximum atomic E-state index is 12.5. The van der Waals surface area contributed by atoms with Crippen LogP contribution < -0.4 is 14.8 Å². The van der Waals surface area contributed by atoms with Crippen molar-refractivity contribution in [2.24, 2.45) is 7.05 Å². The number of benzene rings is 1. The van der Waals surface area contributed by atoms with Crippen LogP contribution in [0.4, 0.5) is 5.69 Å². The molecule has 0 spiro atoms. The number of hydrogen-bond acceptors (Lipinski definition) is 6. The van der Waals surface area contributed by atoms with E-state index >= 15 is 0 Å². The lowest BCUT2D eigenvalue weighted by molar-refractivity contribution is -0.123. The monoisotopic (exact) mass is 398 g/mol. The maximum Gasteiger partial charge on any atom is 0.284 e. The van der Waals surface area contributed by atoms with Crippen LogP contribution in [-0.4, -0.2) is 36.1 Å². The number of aryl methyl sites for hydroxylation is 1. The van der Waals surface area contributed by atoms with Gasteiger partial charge in [0.15, 0.2) is 6.10 Å². The van der Waals surface area contributed by atoms with Gasteiger partial charge in [-0.05, 0) is 24.6 Å². The van der Waals surface area contributed by atoms with Crippen LogP contribution in [0.3, 0.4) is 0 Å². The van der Waals surface area contributed by atoms with Crippen molar-refractivity contribution in [1.29, 1.82) is 0 Å². The van der Waals surface area contributed by atoms with Crippen molar-refractivity contribution in [2.75, 3.05) is 5.32 Å². The molecule has 1 aliphatic heterocycles. The molecular formula is C15H15ClN4O5S. The van der Waals surface area contributed by atoms with Crippen LogP contribution in [0, 0.1) is 0 Å². The smallest absolute Gasteiger partial charge is 0.284 e. The Bertz CT molecular complexity index is 982. The van der Waals surface area contributed by atoms with E-state index in [-0.39, 0.29) is 27.2 Å². The van der Waals surface area contributed by atoms with Gasteiger partial charge in [-0.3, -0.25) is 14.3 Å². The number of anilines is 1. The van der Waals surface area contributed by atoms with Crippen molar-refractivity contribution in [3.05, 3.63) is 35.1 Å². The van der Waals surface area contributed by atoms with Crippen LogP contribution in [0.25, 0.3) is 0 Å². The van der Waals surface area contributed by atoms with Crippen LogP contribution in [0.2, 0.25) is 5.02 Å². The minimum Gasteiger partial charge on any atom is -0.478 e. The minimum absolute atomic E-state index is 0.0249. The number of amides is 2. The molecule has 0 saturated carbocycles. The van der Waals surface area contributed by atoms with E-state index in [1.54, 1.807) is 6.92 Å². The number of ether oxygens (including phenoxy) is 1. The highest BCUT2D eigenvalue weighted by atomic mass is 35.5. The molecular weight excluding hydrogens is 384 g/mol. The maximum absolute atomic E-state index is 12.5. The summed E-state index contributed by atoms with van der Waals surface area (Å²) in [5.74, 6) is -0.921. The van der Waals surface area contributed by atoms with Crippen molar-refractivity contribution in [1.82, 2.24) is 14.5 Å². The third-order valence-corrected chi connectivity index (χ3v) is 5.39. The van der Waals surface area contributed by atoms with Crippen LogP contribution in [0.1, 0.15) is 23.8 Å². The largest absolute Gasteiger partial charge is 0.478 e. The summed E-state index contributed by atoms with van der Waals surface area (Å²) in [5.41, 5.74) is 0.129. The Hall–Kier alpha value is -2.59. The fourth-order valence-electron chi connectivity index (χ4n) is 2.46. The summed E-state index contributed by atoms with van der Waals surface area (Å²) in [7, 11) is -2.73. The summed E-state index contributed by atoms with van der Waals surface area (Å²) >= 11 is 5.85. The van der Waals surface area contributed by atoms with Gasteiger partial charge in [-0.15, -0.1) is 0 Å². The SMILES string of the molecule is CCC1Oc2ccc(S(=O)(=O)NC(=O)c3c(Cl)cnn3C)cc2NC1=O. The minimum atomic E-state index is -4.20. The molecule has 2 aromatic rings. The number of carbonyl (C=O) groups excluding carboxylic acids is 2. The molecule has 9 nitrogen and oxygen atoms in total. The number of halogens is 1. The quantitative estimate of drug-likeness (QED) is 0.801. The normalized spacial score (nSPS) is 16.4. The van der Waals surface area contributed by atoms with E-state index in [0.29, 0.717) is 12.2 Å². The highest BCUT2D eigenvalue weighted by molar-refractivity contribution is 7.90. The van der Waals surface area contributed by atoms with Gasteiger partial charge < -0.3 is 10.1 Å². The summed E-state index contributed by atoms with van der Waals surface area (Å²) in [6.45, 7) is 1.80. The lowest BCUT2D eigenvalue weighted by Gasteiger charge is -2.25. The first-order chi connectivity index (χ1) is 12.2. The van der Waals surface area contributed by atoms with E-state index < -0.39 is 22.0 Å². The first-order valence-electron chi connectivity index (χ1n) is 7.59. The first kappa shape index (κ1) is 18.2. The van der Waals surface area contributed by atoms with Crippen LogP contribution in [-0.2, 0) is 21.9 Å². The Balaban J connectivity index is 1.88. The third kappa shape index (κ3) is 3.25. The van der Waals surface area contributed by atoms with E-state index in [9.17, 15) is 18.0 Å². The Labute approximate surface area is 154 Å². The molecule has 1 aromatic carbocycles. The number of nitrogens with one attached hydrogen (secondary N) is 2. The van der Waals surface area contributed by atoms with Gasteiger partial charge in [0.05, 0.1) is 21.8 Å². The van der Waals surface area contributed by atoms with Crippen molar-refractivity contribution >= 4 is 39.1 Å². The molecule has 1 unspecified atom stereocenters. The molecule has 0 fully saturated rings. The molecule has 2 heterocycles. The number of hydrogen-bond donors (Lipinski definition) is 2. The molecule has 2 N–H and O–H groups in total. The Morgan fingerprint density at radius 1 is 1.46 bits per heavy atom. The van der Waals surface area contributed by atoms with Crippen molar-refractivity contribution in [3.63, 3.8) is 0 Å². The molecule has 0 radical (unpaired) electrons. The number of aromatic nitrogens is 2. The fourth-order valence-corrected chi connectivity index (χ4v) is 3.69. The fraction of sp³-hybridized carbons (Fsp3) is 0.267. The second-order valence-electron chi connectivity index (χ2n) is 5.56. The summed E-state index contributed by atoms with van der Waals surface area (Å²) in [6.07, 6.45) is 1.09. The number of nitrogens with zero attached hydrogens (tertiary/aromatic N) is 2. The van der Waals surface area contributed by atoms with E-state index in [4.69, 9.17) is 16.3 Å². The van der Waals surface area contributed by atoms with E-state index in [1.807, 2.05) is 4.72 Å². The average Bonchev–Trinajstić information content (AvgIpc) is 2.92. The number of carbonyl (C=O) groups is 2. The van der Waals surface area contributed by atoms with Crippen LogP contribution >= 0.6 is 11.6 Å². The van der Waals surface area contributed by atoms with E-state index in [1.165, 1.54) is 36.1 Å². The van der Waals surface area contributed by atoms with Gasteiger partial charge in [0, 0.05) is 7.05 Å².